The topological polar surface area (TPSA) is 91.4 Å². The molecule has 3 saturated heterocycles. The quantitative estimate of drug-likeness (QED) is 0.438. The number of carbonyl (C=O) groups is 3. The van der Waals surface area contributed by atoms with Crippen molar-refractivity contribution in [1.29, 1.82) is 0 Å². The van der Waals surface area contributed by atoms with Crippen LogP contribution in [0, 0.1) is 52.3 Å². The van der Waals surface area contributed by atoms with Gasteiger partial charge in [-0.05, 0) is 118 Å². The van der Waals surface area contributed by atoms with Crippen LogP contribution in [0.3, 0.4) is 0 Å². The Kier molecular flexibility index (Phi) is 9.03. The lowest BCUT2D eigenvalue weighted by Gasteiger charge is -2.61. The Morgan fingerprint density at radius 3 is 2.21 bits per heavy atom. The predicted molar refractivity (Wildman–Crippen MR) is 180 cm³/mol. The molecule has 1 N–H and O–H groups in total. The van der Waals surface area contributed by atoms with E-state index in [-0.39, 0.29) is 36.0 Å². The molecule has 0 radical (unpaired) electrons. The van der Waals surface area contributed by atoms with Crippen molar-refractivity contribution in [1.82, 2.24) is 20.0 Å². The fourth-order valence-electron chi connectivity index (χ4n) is 12.5. The maximum Gasteiger partial charge on any atom is 0.236 e. The van der Waals surface area contributed by atoms with Crippen molar-refractivity contribution >= 4 is 17.7 Å². The van der Waals surface area contributed by atoms with Crippen molar-refractivity contribution in [2.45, 2.75) is 116 Å². The summed E-state index contributed by atoms with van der Waals surface area (Å²) in [6, 6.07) is 0.161. The molecular weight excluding hydrogens is 592 g/mol. The molecule has 9 nitrogen and oxygen atoms in total. The number of amides is 3. The van der Waals surface area contributed by atoms with E-state index >= 15 is 0 Å². The fraction of sp³-hybridized carbons (Fsp3) is 0.921. The highest BCUT2D eigenvalue weighted by molar-refractivity contribution is 5.97. The van der Waals surface area contributed by atoms with Gasteiger partial charge in [0.2, 0.25) is 17.7 Å². The Morgan fingerprint density at radius 1 is 0.830 bits per heavy atom. The number of carbonyl (C=O) groups excluding carboxylic acids is 3. The Balaban J connectivity index is 0.916. The number of fused-ring (bicyclic) bond motifs is 7. The van der Waals surface area contributed by atoms with Gasteiger partial charge in [-0.3, -0.25) is 14.4 Å². The van der Waals surface area contributed by atoms with Crippen LogP contribution in [0.15, 0.2) is 0 Å². The molecule has 4 aliphatic carbocycles. The first-order valence-corrected chi connectivity index (χ1v) is 19.1. The van der Waals surface area contributed by atoms with Gasteiger partial charge in [0.1, 0.15) is 6.42 Å². The van der Waals surface area contributed by atoms with E-state index in [1.807, 2.05) is 23.9 Å². The SMILES string of the molecule is C[C@@H]1CC[C@@]2(OC1)O[C@H]1C[C@H]3[C@@H]4CC[C@@H]5C[C@@H](NC(=O)CC(=O)N6CCN(C(=O)CN(C)C)CC6)CC[C@]5(C)C4CC[C@]3(C)[C@H]1[C@@H]2C. The molecule has 3 heterocycles. The third-order valence-electron chi connectivity index (χ3n) is 15.0. The van der Waals surface area contributed by atoms with Crippen molar-refractivity contribution in [3.8, 4) is 0 Å². The average molecular weight is 655 g/mol. The van der Waals surface area contributed by atoms with Crippen LogP contribution in [0.4, 0.5) is 0 Å². The molecule has 264 valence electrons. The highest BCUT2D eigenvalue weighted by Crippen LogP contribution is 2.71. The standard InChI is InChI=1S/C38H62N4O5/c1-24-9-14-38(46-23-24)25(2)35-31(47-38)20-30-28-8-7-26-19-27(10-12-36(26,3)29(28)11-13-37(30,35)4)39-32(43)21-33(44)41-15-17-42(18-16-41)34(45)22-40(5)6/h24-31,35H,7-23H2,1-6H3,(H,39,43)/t24-,25+,26-,27+,28-,29?,30+,31+,35+,36+,37+,38-/m1/s1. The lowest BCUT2D eigenvalue weighted by Crippen LogP contribution is -2.56. The first-order chi connectivity index (χ1) is 22.3. The van der Waals surface area contributed by atoms with E-state index in [1.165, 1.54) is 44.9 Å². The third kappa shape index (κ3) is 5.86. The maximum atomic E-state index is 13.1. The van der Waals surface area contributed by atoms with Gasteiger partial charge in [0, 0.05) is 44.6 Å². The van der Waals surface area contributed by atoms with Gasteiger partial charge in [-0.1, -0.05) is 27.7 Å². The summed E-state index contributed by atoms with van der Waals surface area (Å²) < 4.78 is 13.5. The number of hydrogen-bond acceptors (Lipinski definition) is 6. The number of nitrogens with one attached hydrogen (secondary N) is 1. The van der Waals surface area contributed by atoms with E-state index in [2.05, 4.69) is 33.0 Å². The number of nitrogens with zero attached hydrogens (tertiary/aromatic N) is 3. The first-order valence-electron chi connectivity index (χ1n) is 19.1. The highest BCUT2D eigenvalue weighted by Gasteiger charge is 2.69. The molecule has 7 fully saturated rings. The first kappa shape index (κ1) is 33.8. The summed E-state index contributed by atoms with van der Waals surface area (Å²) in [5.74, 6) is 4.11. The summed E-state index contributed by atoms with van der Waals surface area (Å²) in [7, 11) is 3.77. The lowest BCUT2D eigenvalue weighted by molar-refractivity contribution is -0.273. The Bertz CT molecular complexity index is 1210. The van der Waals surface area contributed by atoms with Crippen molar-refractivity contribution < 1.29 is 23.9 Å². The van der Waals surface area contributed by atoms with Crippen LogP contribution in [-0.2, 0) is 23.9 Å². The van der Waals surface area contributed by atoms with Crippen LogP contribution in [0.1, 0.15) is 98.3 Å². The van der Waals surface area contributed by atoms with Crippen molar-refractivity contribution in [2.75, 3.05) is 53.4 Å². The molecule has 7 rings (SSSR count). The molecule has 1 spiro atoms. The van der Waals surface area contributed by atoms with E-state index in [9.17, 15) is 14.4 Å². The van der Waals surface area contributed by atoms with Crippen LogP contribution in [0.2, 0.25) is 0 Å². The van der Waals surface area contributed by atoms with Gasteiger partial charge in [-0.2, -0.15) is 0 Å². The molecule has 0 aromatic rings. The smallest absolute Gasteiger partial charge is 0.236 e. The molecule has 3 amide bonds. The summed E-state index contributed by atoms with van der Waals surface area (Å²) in [5, 5.41) is 3.28. The molecule has 9 heteroatoms. The van der Waals surface area contributed by atoms with Crippen molar-refractivity contribution in [3.05, 3.63) is 0 Å². The van der Waals surface area contributed by atoms with Crippen LogP contribution in [0.25, 0.3) is 0 Å². The summed E-state index contributed by atoms with van der Waals surface area (Å²) in [5.41, 5.74) is 0.676. The molecule has 12 atom stereocenters. The number of piperazine rings is 1. The zero-order valence-corrected chi connectivity index (χ0v) is 30.1. The van der Waals surface area contributed by atoms with E-state index in [4.69, 9.17) is 9.47 Å². The number of ether oxygens (including phenoxy) is 2. The predicted octanol–water partition coefficient (Wildman–Crippen LogP) is 4.54. The molecule has 1 unspecified atom stereocenters. The average Bonchev–Trinajstić information content (AvgIpc) is 3.48. The van der Waals surface area contributed by atoms with Crippen LogP contribution < -0.4 is 5.32 Å². The largest absolute Gasteiger partial charge is 0.353 e. The summed E-state index contributed by atoms with van der Waals surface area (Å²) in [4.78, 5) is 43.9. The highest BCUT2D eigenvalue weighted by atomic mass is 16.7. The van der Waals surface area contributed by atoms with E-state index in [0.717, 1.165) is 43.6 Å². The molecule has 3 aliphatic heterocycles. The zero-order valence-electron chi connectivity index (χ0n) is 30.1. The van der Waals surface area contributed by atoms with Gasteiger partial charge in [0.25, 0.3) is 0 Å². The Morgan fingerprint density at radius 2 is 1.53 bits per heavy atom. The molecule has 0 aromatic heterocycles. The van der Waals surface area contributed by atoms with Crippen LogP contribution >= 0.6 is 0 Å². The van der Waals surface area contributed by atoms with Gasteiger partial charge in [0.05, 0.1) is 19.3 Å². The number of rotatable bonds is 5. The fourth-order valence-corrected chi connectivity index (χ4v) is 12.5. The van der Waals surface area contributed by atoms with E-state index in [0.29, 0.717) is 73.3 Å². The summed E-state index contributed by atoms with van der Waals surface area (Å²) in [6.07, 6.45) is 12.1. The Labute approximate surface area is 283 Å². The molecular formula is C38H62N4O5. The number of likely N-dealkylation sites (N-methyl/N-ethyl adjacent to an activating group) is 1. The lowest BCUT2D eigenvalue weighted by atomic mass is 9.44. The minimum absolute atomic E-state index is 0.0900. The molecule has 4 saturated carbocycles. The monoisotopic (exact) mass is 654 g/mol. The van der Waals surface area contributed by atoms with Crippen molar-refractivity contribution in [2.24, 2.45) is 52.3 Å². The molecule has 0 aromatic carbocycles. The second-order valence-electron chi connectivity index (χ2n) is 17.9. The maximum absolute atomic E-state index is 13.1. The van der Waals surface area contributed by atoms with Crippen LogP contribution in [-0.4, -0.2) is 104 Å². The summed E-state index contributed by atoms with van der Waals surface area (Å²) in [6.45, 7) is 13.2. The van der Waals surface area contributed by atoms with Gasteiger partial charge in [-0.25, -0.2) is 0 Å². The minimum atomic E-state index is -0.342. The van der Waals surface area contributed by atoms with Gasteiger partial charge in [0.15, 0.2) is 5.79 Å². The van der Waals surface area contributed by atoms with Crippen LogP contribution in [0.5, 0.6) is 0 Å². The second-order valence-corrected chi connectivity index (χ2v) is 17.9. The van der Waals surface area contributed by atoms with E-state index < -0.39 is 0 Å². The number of hydrogen-bond donors (Lipinski definition) is 1. The summed E-state index contributed by atoms with van der Waals surface area (Å²) >= 11 is 0. The molecule has 47 heavy (non-hydrogen) atoms. The van der Waals surface area contributed by atoms with Crippen molar-refractivity contribution in [3.63, 3.8) is 0 Å². The van der Waals surface area contributed by atoms with Gasteiger partial charge < -0.3 is 29.5 Å². The zero-order chi connectivity index (χ0) is 33.3. The third-order valence-corrected chi connectivity index (χ3v) is 15.0. The van der Waals surface area contributed by atoms with Gasteiger partial charge >= 0.3 is 0 Å². The second kappa shape index (κ2) is 12.6. The normalized spacial score (nSPS) is 46.1. The van der Waals surface area contributed by atoms with E-state index in [1.54, 1.807) is 4.90 Å². The van der Waals surface area contributed by atoms with Gasteiger partial charge in [-0.15, -0.1) is 0 Å². The Hall–Kier alpha value is -1.71. The molecule has 0 bridgehead atoms. The minimum Gasteiger partial charge on any atom is -0.353 e. The molecule has 7 aliphatic rings.